The van der Waals surface area contributed by atoms with Crippen molar-refractivity contribution in [2.75, 3.05) is 19.4 Å². The topological polar surface area (TPSA) is 46.6 Å². The first-order chi connectivity index (χ1) is 11.4. The molecule has 6 heteroatoms. The van der Waals surface area contributed by atoms with Crippen molar-refractivity contribution in [1.82, 2.24) is 4.31 Å². The van der Waals surface area contributed by atoms with Crippen molar-refractivity contribution < 1.29 is 13.2 Å². The number of benzene rings is 2. The van der Waals surface area contributed by atoms with Crippen LogP contribution in [0.1, 0.15) is 22.1 Å². The van der Waals surface area contributed by atoms with E-state index >= 15 is 0 Å². The Balaban J connectivity index is 2.04. The monoisotopic (exact) mass is 363 g/mol. The molecule has 0 aliphatic carbocycles. The van der Waals surface area contributed by atoms with Crippen LogP contribution in [0.2, 0.25) is 0 Å². The van der Waals surface area contributed by atoms with Gasteiger partial charge in [-0.1, -0.05) is 35.9 Å². The highest BCUT2D eigenvalue weighted by atomic mass is 32.2. The number of ether oxygens (including phenoxy) is 1. The van der Waals surface area contributed by atoms with E-state index < -0.39 is 10.0 Å². The Kier molecular flexibility index (Phi) is 4.90. The Morgan fingerprint density at radius 3 is 2.62 bits per heavy atom. The molecule has 0 bridgehead atoms. The molecule has 1 aliphatic heterocycles. The smallest absolute Gasteiger partial charge is 0.244 e. The summed E-state index contributed by atoms with van der Waals surface area (Å²) in [5.41, 5.74) is 2.74. The zero-order chi connectivity index (χ0) is 17.3. The minimum absolute atomic E-state index is 0.258. The largest absolute Gasteiger partial charge is 0.496 e. The lowest BCUT2D eigenvalue weighted by molar-refractivity contribution is 0.390. The van der Waals surface area contributed by atoms with Crippen molar-refractivity contribution in [2.45, 2.75) is 24.1 Å². The first kappa shape index (κ1) is 17.3. The Bertz CT molecular complexity index is 849. The van der Waals surface area contributed by atoms with Crippen LogP contribution in [-0.4, -0.2) is 32.1 Å². The lowest BCUT2D eigenvalue weighted by atomic mass is 10.2. The van der Waals surface area contributed by atoms with Crippen molar-refractivity contribution in [3.8, 4) is 5.75 Å². The van der Waals surface area contributed by atoms with Gasteiger partial charge in [-0.25, -0.2) is 8.42 Å². The van der Waals surface area contributed by atoms with Crippen LogP contribution < -0.4 is 4.74 Å². The van der Waals surface area contributed by atoms with Gasteiger partial charge in [0, 0.05) is 17.9 Å². The number of aryl methyl sites for hydroxylation is 2. The molecule has 1 saturated heterocycles. The fourth-order valence-electron chi connectivity index (χ4n) is 3.03. The minimum atomic E-state index is -3.55. The zero-order valence-electron chi connectivity index (χ0n) is 14.0. The zero-order valence-corrected chi connectivity index (χ0v) is 15.7. The van der Waals surface area contributed by atoms with E-state index in [1.807, 2.05) is 50.2 Å². The average molecular weight is 364 g/mol. The van der Waals surface area contributed by atoms with E-state index in [9.17, 15) is 8.42 Å². The molecule has 0 radical (unpaired) electrons. The Morgan fingerprint density at radius 2 is 1.92 bits per heavy atom. The Labute approximate surface area is 147 Å². The SMILES string of the molecule is COc1ccccc1C1SCCN1S(=O)(=O)c1ccc(C)cc1C. The molecule has 4 nitrogen and oxygen atoms in total. The summed E-state index contributed by atoms with van der Waals surface area (Å²) in [5, 5.41) is -0.258. The van der Waals surface area contributed by atoms with Crippen molar-refractivity contribution >= 4 is 21.8 Å². The van der Waals surface area contributed by atoms with E-state index in [-0.39, 0.29) is 5.37 Å². The van der Waals surface area contributed by atoms with Crippen LogP contribution in [0.25, 0.3) is 0 Å². The second-order valence-corrected chi connectivity index (χ2v) is 8.90. The normalized spacial score (nSPS) is 18.7. The first-order valence-corrected chi connectivity index (χ1v) is 10.3. The van der Waals surface area contributed by atoms with Gasteiger partial charge in [0.25, 0.3) is 0 Å². The average Bonchev–Trinajstić information content (AvgIpc) is 3.04. The Morgan fingerprint density at radius 1 is 1.17 bits per heavy atom. The molecule has 1 unspecified atom stereocenters. The van der Waals surface area contributed by atoms with E-state index in [4.69, 9.17) is 4.74 Å². The quantitative estimate of drug-likeness (QED) is 0.830. The third kappa shape index (κ3) is 3.06. The van der Waals surface area contributed by atoms with Crippen LogP contribution >= 0.6 is 11.8 Å². The van der Waals surface area contributed by atoms with E-state index in [0.717, 1.165) is 28.2 Å². The van der Waals surface area contributed by atoms with Crippen molar-refractivity contribution in [1.29, 1.82) is 0 Å². The number of sulfonamides is 1. The second kappa shape index (κ2) is 6.78. The second-order valence-electron chi connectivity index (χ2n) is 5.85. The summed E-state index contributed by atoms with van der Waals surface area (Å²) in [7, 11) is -1.94. The van der Waals surface area contributed by atoms with Crippen LogP contribution in [0.4, 0.5) is 0 Å². The Hall–Kier alpha value is -1.50. The summed E-state index contributed by atoms with van der Waals surface area (Å²) < 4.78 is 33.5. The van der Waals surface area contributed by atoms with E-state index in [0.29, 0.717) is 11.4 Å². The summed E-state index contributed by atoms with van der Waals surface area (Å²) >= 11 is 1.63. The molecule has 2 aromatic rings. The van der Waals surface area contributed by atoms with Crippen LogP contribution in [-0.2, 0) is 10.0 Å². The summed E-state index contributed by atoms with van der Waals surface area (Å²) in [6.07, 6.45) is 0. The molecule has 0 saturated carbocycles. The molecule has 0 amide bonds. The molecule has 0 spiro atoms. The molecule has 2 aromatic carbocycles. The van der Waals surface area contributed by atoms with E-state index in [2.05, 4.69) is 0 Å². The predicted octanol–water partition coefficient (Wildman–Crippen LogP) is 3.75. The highest BCUT2D eigenvalue weighted by Gasteiger charge is 2.38. The van der Waals surface area contributed by atoms with Crippen molar-refractivity contribution in [3.05, 3.63) is 59.2 Å². The van der Waals surface area contributed by atoms with Gasteiger partial charge in [0.1, 0.15) is 5.75 Å². The van der Waals surface area contributed by atoms with Crippen molar-refractivity contribution in [2.24, 2.45) is 0 Å². The molecule has 0 aromatic heterocycles. The molecule has 24 heavy (non-hydrogen) atoms. The van der Waals surface area contributed by atoms with Crippen LogP contribution in [0.3, 0.4) is 0 Å². The van der Waals surface area contributed by atoms with Gasteiger partial charge in [0.15, 0.2) is 0 Å². The predicted molar refractivity (Wildman–Crippen MR) is 98.0 cm³/mol. The molecule has 1 heterocycles. The highest BCUT2D eigenvalue weighted by molar-refractivity contribution is 8.01. The molecule has 1 atom stereocenters. The lowest BCUT2D eigenvalue weighted by Crippen LogP contribution is -2.31. The van der Waals surface area contributed by atoms with Crippen LogP contribution in [0.5, 0.6) is 5.75 Å². The fraction of sp³-hybridized carbons (Fsp3) is 0.333. The summed E-state index contributed by atoms with van der Waals surface area (Å²) in [6, 6.07) is 13.1. The third-order valence-corrected chi connectivity index (χ3v) is 7.57. The summed E-state index contributed by atoms with van der Waals surface area (Å²) in [6.45, 7) is 4.32. The van der Waals surface area contributed by atoms with Crippen molar-refractivity contribution in [3.63, 3.8) is 0 Å². The number of hydrogen-bond acceptors (Lipinski definition) is 4. The lowest BCUT2D eigenvalue weighted by Gasteiger charge is -2.25. The first-order valence-electron chi connectivity index (χ1n) is 7.79. The van der Waals surface area contributed by atoms with Crippen LogP contribution in [0, 0.1) is 13.8 Å². The third-order valence-electron chi connectivity index (χ3n) is 4.17. The molecule has 3 rings (SSSR count). The number of thioether (sulfide) groups is 1. The van der Waals surface area contributed by atoms with Crippen LogP contribution in [0.15, 0.2) is 47.4 Å². The number of hydrogen-bond donors (Lipinski definition) is 0. The maximum atomic E-state index is 13.2. The van der Waals surface area contributed by atoms with Gasteiger partial charge in [-0.3, -0.25) is 0 Å². The molecule has 128 valence electrons. The van der Waals surface area contributed by atoms with E-state index in [1.165, 1.54) is 0 Å². The maximum Gasteiger partial charge on any atom is 0.244 e. The maximum absolute atomic E-state index is 13.2. The number of para-hydroxylation sites is 1. The number of rotatable bonds is 4. The van der Waals surface area contributed by atoms with E-state index in [1.54, 1.807) is 29.2 Å². The van der Waals surface area contributed by atoms with Gasteiger partial charge in [-0.15, -0.1) is 11.8 Å². The molecular formula is C18H21NO3S2. The summed E-state index contributed by atoms with van der Waals surface area (Å²) in [5.74, 6) is 1.49. The number of nitrogens with zero attached hydrogens (tertiary/aromatic N) is 1. The summed E-state index contributed by atoms with van der Waals surface area (Å²) in [4.78, 5) is 0.385. The molecular weight excluding hydrogens is 342 g/mol. The van der Waals surface area contributed by atoms with Gasteiger partial charge < -0.3 is 4.74 Å². The minimum Gasteiger partial charge on any atom is -0.496 e. The van der Waals surface area contributed by atoms with Gasteiger partial charge in [-0.2, -0.15) is 4.31 Å². The molecule has 0 N–H and O–H groups in total. The van der Waals surface area contributed by atoms with Gasteiger partial charge >= 0.3 is 0 Å². The molecule has 1 aliphatic rings. The number of methoxy groups -OCH3 is 1. The van der Waals surface area contributed by atoms with Gasteiger partial charge in [0.2, 0.25) is 10.0 Å². The highest BCUT2D eigenvalue weighted by Crippen LogP contribution is 2.44. The van der Waals surface area contributed by atoms with Gasteiger partial charge in [-0.05, 0) is 31.5 Å². The van der Waals surface area contributed by atoms with Gasteiger partial charge in [0.05, 0.1) is 17.4 Å². The standard InChI is InChI=1S/C18H21NO3S2/c1-13-8-9-17(14(2)12-13)24(20,21)19-10-11-23-18(19)15-6-4-5-7-16(15)22-3/h4-9,12,18H,10-11H2,1-3H3. The fourth-order valence-corrected chi connectivity index (χ4v) is 6.50. The molecule has 1 fully saturated rings.